The predicted octanol–water partition coefficient (Wildman–Crippen LogP) is 3.25. The number of aromatic amines is 1. The van der Waals surface area contributed by atoms with E-state index in [-0.39, 0.29) is 0 Å². The van der Waals surface area contributed by atoms with Crippen molar-refractivity contribution in [2.45, 2.75) is 32.6 Å². The van der Waals surface area contributed by atoms with Crippen LogP contribution in [0.1, 0.15) is 30.2 Å². The van der Waals surface area contributed by atoms with Gasteiger partial charge in [0, 0.05) is 17.5 Å². The lowest BCUT2D eigenvalue weighted by atomic mass is 10.1. The van der Waals surface area contributed by atoms with Gasteiger partial charge in [0.25, 0.3) is 0 Å². The summed E-state index contributed by atoms with van der Waals surface area (Å²) >= 11 is 5.39. The Labute approximate surface area is 111 Å². The zero-order chi connectivity index (χ0) is 12.5. The Hall–Kier alpha value is -1.55. The number of aromatic nitrogens is 3. The molecule has 3 rings (SSSR count). The first-order valence-corrected chi connectivity index (χ1v) is 6.76. The zero-order valence-corrected chi connectivity index (χ0v) is 11.2. The van der Waals surface area contributed by atoms with E-state index in [1.165, 1.54) is 23.2 Å². The van der Waals surface area contributed by atoms with Crippen molar-refractivity contribution in [3.05, 3.63) is 39.8 Å². The van der Waals surface area contributed by atoms with Crippen LogP contribution >= 0.6 is 12.2 Å². The molecule has 18 heavy (non-hydrogen) atoms. The van der Waals surface area contributed by atoms with Crippen molar-refractivity contribution in [3.8, 4) is 11.5 Å². The van der Waals surface area contributed by atoms with E-state index in [0.717, 1.165) is 35.4 Å². The molecule has 0 atom stereocenters. The van der Waals surface area contributed by atoms with E-state index in [2.05, 4.69) is 27.9 Å². The molecule has 2 heterocycles. The van der Waals surface area contributed by atoms with Gasteiger partial charge in [-0.15, -0.1) is 0 Å². The summed E-state index contributed by atoms with van der Waals surface area (Å²) in [5, 5.41) is 0. The molecule has 0 bridgehead atoms. The molecule has 92 valence electrons. The molecule has 0 saturated carbocycles. The summed E-state index contributed by atoms with van der Waals surface area (Å²) in [5.41, 5.74) is 4.61. The molecule has 2 aromatic rings. The van der Waals surface area contributed by atoms with Gasteiger partial charge in [-0.3, -0.25) is 4.98 Å². The van der Waals surface area contributed by atoms with E-state index >= 15 is 0 Å². The summed E-state index contributed by atoms with van der Waals surface area (Å²) in [6.07, 6.45) is 6.05. The first-order valence-electron chi connectivity index (χ1n) is 6.36. The maximum absolute atomic E-state index is 5.39. The molecule has 4 heteroatoms. The average molecular weight is 257 g/mol. The zero-order valence-electron chi connectivity index (χ0n) is 10.4. The van der Waals surface area contributed by atoms with Crippen LogP contribution in [0.2, 0.25) is 0 Å². The minimum absolute atomic E-state index is 0.740. The standard InChI is InChI=1S/C14H15N3S/c1-2-9-5-4-8-15-12(9)13-16-11-7-3-6-10(11)14(18)17-13/h4-5,8H,2-3,6-7H2,1H3,(H,16,17,18). The highest BCUT2D eigenvalue weighted by Gasteiger charge is 2.16. The van der Waals surface area contributed by atoms with Gasteiger partial charge < -0.3 is 4.98 Å². The van der Waals surface area contributed by atoms with Crippen LogP contribution in [0.15, 0.2) is 18.3 Å². The number of rotatable bonds is 2. The number of aryl methyl sites for hydroxylation is 2. The third-order valence-corrected chi connectivity index (χ3v) is 3.79. The number of H-pyrrole nitrogens is 1. The number of hydrogen-bond donors (Lipinski definition) is 1. The number of pyridine rings is 1. The Bertz CT molecular complexity index is 646. The summed E-state index contributed by atoms with van der Waals surface area (Å²) in [7, 11) is 0. The molecule has 2 aromatic heterocycles. The molecular formula is C14H15N3S. The van der Waals surface area contributed by atoms with Crippen molar-refractivity contribution in [1.82, 2.24) is 15.0 Å². The van der Waals surface area contributed by atoms with E-state index < -0.39 is 0 Å². The van der Waals surface area contributed by atoms with Crippen molar-refractivity contribution in [1.29, 1.82) is 0 Å². The van der Waals surface area contributed by atoms with Crippen LogP contribution in [0.25, 0.3) is 11.5 Å². The molecule has 0 spiro atoms. The first-order chi connectivity index (χ1) is 8.79. The molecule has 0 fully saturated rings. The number of nitrogens with zero attached hydrogens (tertiary/aromatic N) is 2. The maximum Gasteiger partial charge on any atom is 0.158 e. The lowest BCUT2D eigenvalue weighted by Crippen LogP contribution is -2.01. The molecule has 1 aliphatic rings. The highest BCUT2D eigenvalue weighted by molar-refractivity contribution is 7.71. The van der Waals surface area contributed by atoms with Gasteiger partial charge in [0.2, 0.25) is 0 Å². The van der Waals surface area contributed by atoms with Gasteiger partial charge in [0.1, 0.15) is 10.3 Å². The van der Waals surface area contributed by atoms with E-state index in [0.29, 0.717) is 0 Å². The second-order valence-corrected chi connectivity index (χ2v) is 4.95. The molecule has 0 amide bonds. The quantitative estimate of drug-likeness (QED) is 0.840. The van der Waals surface area contributed by atoms with Crippen LogP contribution in [0.3, 0.4) is 0 Å². The van der Waals surface area contributed by atoms with Crippen molar-refractivity contribution >= 4 is 12.2 Å². The largest absolute Gasteiger partial charge is 0.342 e. The molecule has 3 nitrogen and oxygen atoms in total. The maximum atomic E-state index is 5.39. The minimum atomic E-state index is 0.740. The summed E-state index contributed by atoms with van der Waals surface area (Å²) in [5.74, 6) is 0.818. The molecule has 0 unspecified atom stereocenters. The second kappa shape index (κ2) is 4.61. The van der Waals surface area contributed by atoms with Gasteiger partial charge in [-0.2, -0.15) is 0 Å². The lowest BCUT2D eigenvalue weighted by Gasteiger charge is -2.08. The number of hydrogen-bond acceptors (Lipinski definition) is 3. The normalized spacial score (nSPS) is 13.6. The van der Waals surface area contributed by atoms with Gasteiger partial charge in [0.05, 0.1) is 0 Å². The fraction of sp³-hybridized carbons (Fsp3) is 0.357. The fourth-order valence-corrected chi connectivity index (χ4v) is 2.82. The summed E-state index contributed by atoms with van der Waals surface area (Å²) in [6, 6.07) is 4.05. The van der Waals surface area contributed by atoms with Gasteiger partial charge in [-0.05, 0) is 37.3 Å². The van der Waals surface area contributed by atoms with Gasteiger partial charge in [0.15, 0.2) is 5.82 Å². The molecule has 0 radical (unpaired) electrons. The van der Waals surface area contributed by atoms with E-state index in [4.69, 9.17) is 12.2 Å². The van der Waals surface area contributed by atoms with Crippen LogP contribution in [0.4, 0.5) is 0 Å². The third-order valence-electron chi connectivity index (χ3n) is 3.46. The van der Waals surface area contributed by atoms with E-state index in [9.17, 15) is 0 Å². The molecule has 0 aliphatic heterocycles. The van der Waals surface area contributed by atoms with Crippen molar-refractivity contribution in [2.24, 2.45) is 0 Å². The average Bonchev–Trinajstić information content (AvgIpc) is 2.87. The predicted molar refractivity (Wildman–Crippen MR) is 74.1 cm³/mol. The Balaban J connectivity index is 2.18. The van der Waals surface area contributed by atoms with Crippen LogP contribution in [-0.2, 0) is 19.3 Å². The van der Waals surface area contributed by atoms with Crippen molar-refractivity contribution in [3.63, 3.8) is 0 Å². The number of fused-ring (bicyclic) bond motifs is 1. The molecular weight excluding hydrogens is 242 g/mol. The monoisotopic (exact) mass is 257 g/mol. The van der Waals surface area contributed by atoms with Crippen LogP contribution in [0, 0.1) is 4.64 Å². The van der Waals surface area contributed by atoms with Gasteiger partial charge >= 0.3 is 0 Å². The van der Waals surface area contributed by atoms with E-state index in [1.807, 2.05) is 6.07 Å². The second-order valence-electron chi connectivity index (χ2n) is 4.57. The van der Waals surface area contributed by atoms with Crippen molar-refractivity contribution < 1.29 is 0 Å². The smallest absolute Gasteiger partial charge is 0.158 e. The van der Waals surface area contributed by atoms with E-state index in [1.54, 1.807) is 6.20 Å². The van der Waals surface area contributed by atoms with Crippen LogP contribution < -0.4 is 0 Å². The Morgan fingerprint density at radius 1 is 1.39 bits per heavy atom. The summed E-state index contributed by atoms with van der Waals surface area (Å²) < 4.78 is 0.740. The van der Waals surface area contributed by atoms with Crippen molar-refractivity contribution in [2.75, 3.05) is 0 Å². The Morgan fingerprint density at radius 3 is 3.11 bits per heavy atom. The SMILES string of the molecule is CCc1cccnc1-c1nc(=S)c2c([nH]1)CCC2. The molecule has 0 saturated heterocycles. The topological polar surface area (TPSA) is 41.6 Å². The fourth-order valence-electron chi connectivity index (χ4n) is 2.51. The third kappa shape index (κ3) is 1.86. The highest BCUT2D eigenvalue weighted by atomic mass is 32.1. The Morgan fingerprint density at radius 2 is 2.28 bits per heavy atom. The Kier molecular flexibility index (Phi) is 2.96. The summed E-state index contributed by atoms with van der Waals surface area (Å²) in [4.78, 5) is 12.4. The first kappa shape index (κ1) is 11.5. The molecule has 1 aliphatic carbocycles. The summed E-state index contributed by atoms with van der Waals surface area (Å²) in [6.45, 7) is 2.13. The number of nitrogens with one attached hydrogen (secondary N) is 1. The lowest BCUT2D eigenvalue weighted by molar-refractivity contribution is 0.899. The molecule has 1 N–H and O–H groups in total. The van der Waals surface area contributed by atoms with Crippen LogP contribution in [-0.4, -0.2) is 15.0 Å². The van der Waals surface area contributed by atoms with Gasteiger partial charge in [-0.25, -0.2) is 4.98 Å². The highest BCUT2D eigenvalue weighted by Crippen LogP contribution is 2.24. The minimum Gasteiger partial charge on any atom is -0.342 e. The van der Waals surface area contributed by atoms with Crippen LogP contribution in [0.5, 0.6) is 0 Å². The van der Waals surface area contributed by atoms with Gasteiger partial charge in [-0.1, -0.05) is 25.2 Å². The molecule has 0 aromatic carbocycles.